The highest BCUT2D eigenvalue weighted by Crippen LogP contribution is 2.24. The summed E-state index contributed by atoms with van der Waals surface area (Å²) in [5, 5.41) is 3.11. The van der Waals surface area contributed by atoms with Gasteiger partial charge in [-0.1, -0.05) is 34.6 Å². The van der Waals surface area contributed by atoms with Crippen LogP contribution in [0.3, 0.4) is 0 Å². The van der Waals surface area contributed by atoms with Crippen LogP contribution in [0.4, 0.5) is 0 Å². The molecular weight excluding hydrogens is 458 g/mol. The molecular formula is C24H43N3O6S. The average molecular weight is 502 g/mol. The Morgan fingerprint density at radius 3 is 2.15 bits per heavy atom. The molecule has 0 radical (unpaired) electrons. The predicted molar refractivity (Wildman–Crippen MR) is 134 cm³/mol. The second-order valence-electron chi connectivity index (χ2n) is 9.26. The van der Waals surface area contributed by atoms with E-state index in [9.17, 15) is 24.0 Å². The lowest BCUT2D eigenvalue weighted by atomic mass is 9.93. The second kappa shape index (κ2) is 15.9. The highest BCUT2D eigenvalue weighted by molar-refractivity contribution is 7.99. The van der Waals surface area contributed by atoms with E-state index in [0.29, 0.717) is 31.3 Å². The minimum atomic E-state index is -1.41. The summed E-state index contributed by atoms with van der Waals surface area (Å²) in [6, 6.07) is -1.47. The Bertz CT molecular complexity index is 688. The van der Waals surface area contributed by atoms with Gasteiger partial charge in [0.15, 0.2) is 11.9 Å². The fraction of sp³-hybridized carbons (Fsp3) is 0.792. The zero-order valence-corrected chi connectivity index (χ0v) is 22.8. The molecule has 2 amide bonds. The van der Waals surface area contributed by atoms with Crippen molar-refractivity contribution in [1.82, 2.24) is 15.1 Å². The van der Waals surface area contributed by atoms with E-state index in [1.54, 1.807) is 7.05 Å². The molecule has 0 aliphatic heterocycles. The number of ether oxygens (including phenoxy) is 1. The average Bonchev–Trinajstić information content (AvgIpc) is 2.79. The minimum Gasteiger partial charge on any atom is -0.469 e. The Labute approximate surface area is 208 Å². The number of rotatable bonds is 17. The molecule has 34 heavy (non-hydrogen) atoms. The van der Waals surface area contributed by atoms with E-state index < -0.39 is 23.7 Å². The van der Waals surface area contributed by atoms with Gasteiger partial charge in [-0.2, -0.15) is 11.8 Å². The van der Waals surface area contributed by atoms with Gasteiger partial charge < -0.3 is 19.3 Å². The van der Waals surface area contributed by atoms with Gasteiger partial charge in [-0.3, -0.25) is 24.5 Å². The van der Waals surface area contributed by atoms with Crippen LogP contribution in [-0.4, -0.2) is 90.6 Å². The number of likely N-dealkylation sites (N-methyl/N-ethyl adjacent to an activating group) is 2. The van der Waals surface area contributed by atoms with E-state index in [0.717, 1.165) is 6.29 Å². The highest BCUT2D eigenvalue weighted by Gasteiger charge is 2.43. The monoisotopic (exact) mass is 501 g/mol. The summed E-state index contributed by atoms with van der Waals surface area (Å²) < 4.78 is 4.66. The van der Waals surface area contributed by atoms with Gasteiger partial charge in [0.05, 0.1) is 19.6 Å². The molecule has 0 aromatic carbocycles. The lowest BCUT2D eigenvalue weighted by Gasteiger charge is -2.44. The van der Waals surface area contributed by atoms with Crippen molar-refractivity contribution in [2.75, 3.05) is 32.7 Å². The first-order valence-electron chi connectivity index (χ1n) is 11.8. The molecule has 0 aliphatic rings. The molecule has 0 aromatic heterocycles. The van der Waals surface area contributed by atoms with Crippen molar-refractivity contribution in [2.45, 2.75) is 78.0 Å². The molecule has 1 N–H and O–H groups in total. The quantitative estimate of drug-likeness (QED) is 0.140. The first-order valence-corrected chi connectivity index (χ1v) is 12.9. The molecule has 9 nitrogen and oxygen atoms in total. The van der Waals surface area contributed by atoms with Crippen LogP contribution in [0.25, 0.3) is 0 Å². The van der Waals surface area contributed by atoms with E-state index in [-0.39, 0.29) is 35.9 Å². The number of aldehydes is 2. The number of esters is 1. The van der Waals surface area contributed by atoms with E-state index in [1.807, 2.05) is 34.6 Å². The third kappa shape index (κ3) is 9.74. The van der Waals surface area contributed by atoms with Crippen LogP contribution in [-0.2, 0) is 28.7 Å². The SMILES string of the molecule is CCCC(=O)N(C)C(CSCCC(=O)OC)C(=O)N(C)C(C=O)(CC(C)C)NC(C=O)C(C)C. The number of nitrogens with one attached hydrogen (secondary N) is 1. The second-order valence-corrected chi connectivity index (χ2v) is 10.4. The van der Waals surface area contributed by atoms with Gasteiger partial charge in [-0.15, -0.1) is 0 Å². The molecule has 0 bridgehead atoms. The number of carbonyl (C=O) groups excluding carboxylic acids is 5. The van der Waals surface area contributed by atoms with Crippen molar-refractivity contribution in [2.24, 2.45) is 11.8 Å². The van der Waals surface area contributed by atoms with Crippen LogP contribution >= 0.6 is 11.8 Å². The van der Waals surface area contributed by atoms with Crippen molar-refractivity contribution in [3.05, 3.63) is 0 Å². The zero-order valence-electron chi connectivity index (χ0n) is 22.0. The Balaban J connectivity index is 6.03. The van der Waals surface area contributed by atoms with Gasteiger partial charge in [-0.05, 0) is 24.7 Å². The van der Waals surface area contributed by atoms with Crippen molar-refractivity contribution in [1.29, 1.82) is 0 Å². The molecule has 0 heterocycles. The van der Waals surface area contributed by atoms with Gasteiger partial charge >= 0.3 is 5.97 Å². The van der Waals surface area contributed by atoms with Crippen LogP contribution in [0.15, 0.2) is 0 Å². The van der Waals surface area contributed by atoms with E-state index in [1.165, 1.54) is 35.7 Å². The zero-order chi connectivity index (χ0) is 26.5. The summed E-state index contributed by atoms with van der Waals surface area (Å²) in [6.45, 7) is 9.46. The molecule has 0 rings (SSSR count). The van der Waals surface area contributed by atoms with Crippen molar-refractivity contribution in [3.8, 4) is 0 Å². The van der Waals surface area contributed by atoms with E-state index in [2.05, 4.69) is 10.1 Å². The van der Waals surface area contributed by atoms with Crippen LogP contribution in [0.2, 0.25) is 0 Å². The largest absolute Gasteiger partial charge is 0.469 e. The third-order valence-corrected chi connectivity index (χ3v) is 6.73. The van der Waals surface area contributed by atoms with Crippen LogP contribution in [0, 0.1) is 11.8 Å². The van der Waals surface area contributed by atoms with E-state index in [4.69, 9.17) is 0 Å². The maximum Gasteiger partial charge on any atom is 0.306 e. The normalized spacial score (nSPS) is 14.8. The van der Waals surface area contributed by atoms with Gasteiger partial charge in [0.2, 0.25) is 11.8 Å². The molecule has 0 spiro atoms. The Kier molecular flexibility index (Phi) is 15.0. The molecule has 0 aromatic rings. The Hall–Kier alpha value is -1.94. The summed E-state index contributed by atoms with van der Waals surface area (Å²) in [4.78, 5) is 64.7. The third-order valence-electron chi connectivity index (χ3n) is 5.69. The van der Waals surface area contributed by atoms with Crippen molar-refractivity contribution < 1.29 is 28.7 Å². The van der Waals surface area contributed by atoms with Gasteiger partial charge in [0, 0.05) is 32.0 Å². The molecule has 0 aliphatic carbocycles. The topological polar surface area (TPSA) is 113 Å². The Morgan fingerprint density at radius 2 is 1.71 bits per heavy atom. The van der Waals surface area contributed by atoms with Crippen molar-refractivity contribution in [3.63, 3.8) is 0 Å². The first-order chi connectivity index (χ1) is 15.9. The van der Waals surface area contributed by atoms with Gasteiger partial charge in [0.25, 0.3) is 0 Å². The smallest absolute Gasteiger partial charge is 0.306 e. The molecule has 0 fully saturated rings. The molecule has 196 valence electrons. The standard InChI is InChI=1S/C24H43N3O6S/c1-9-10-21(30)26(6)20(15-34-12-11-22(31)33-8)23(32)27(7)24(16-29,13-17(2)3)25-19(14-28)18(4)5/h14,16-20,25H,9-13,15H2,1-8H3. The number of nitrogens with zero attached hydrogens (tertiary/aromatic N) is 2. The highest BCUT2D eigenvalue weighted by atomic mass is 32.2. The summed E-state index contributed by atoms with van der Waals surface area (Å²) in [7, 11) is 4.42. The molecule has 3 unspecified atom stereocenters. The Morgan fingerprint density at radius 1 is 1.09 bits per heavy atom. The number of methoxy groups -OCH3 is 1. The number of thioether (sulfide) groups is 1. The van der Waals surface area contributed by atoms with Crippen LogP contribution in [0.1, 0.15) is 60.3 Å². The van der Waals surface area contributed by atoms with Crippen molar-refractivity contribution >= 4 is 42.1 Å². The minimum absolute atomic E-state index is 0.0414. The number of hydrogen-bond acceptors (Lipinski definition) is 8. The molecule has 3 atom stereocenters. The van der Waals surface area contributed by atoms with E-state index >= 15 is 0 Å². The number of carbonyl (C=O) groups is 5. The first kappa shape index (κ1) is 32.1. The lowest BCUT2D eigenvalue weighted by Crippen LogP contribution is -2.67. The maximum atomic E-state index is 13.7. The maximum absolute atomic E-state index is 13.7. The summed E-state index contributed by atoms with van der Waals surface area (Å²) >= 11 is 1.36. The fourth-order valence-electron chi connectivity index (χ4n) is 3.51. The lowest BCUT2D eigenvalue weighted by molar-refractivity contribution is -0.151. The van der Waals surface area contributed by atoms with Crippen LogP contribution < -0.4 is 5.32 Å². The summed E-state index contributed by atoms with van der Waals surface area (Å²) in [6.07, 6.45) is 2.84. The molecule has 0 saturated heterocycles. The molecule has 0 saturated carbocycles. The summed E-state index contributed by atoms with van der Waals surface area (Å²) in [5.41, 5.74) is -1.41. The number of amides is 2. The summed E-state index contributed by atoms with van der Waals surface area (Å²) in [5.74, 6) is -0.303. The number of hydrogen-bond donors (Lipinski definition) is 1. The predicted octanol–water partition coefficient (Wildman–Crippen LogP) is 2.12. The molecule has 10 heteroatoms. The van der Waals surface area contributed by atoms with Crippen LogP contribution in [0.5, 0.6) is 0 Å². The van der Waals surface area contributed by atoms with Gasteiger partial charge in [0.1, 0.15) is 12.3 Å². The fourth-order valence-corrected chi connectivity index (χ4v) is 4.58. The van der Waals surface area contributed by atoms with Gasteiger partial charge in [-0.25, -0.2) is 0 Å².